The van der Waals surface area contributed by atoms with Crippen molar-refractivity contribution in [2.75, 3.05) is 0 Å². The first-order valence-corrected chi connectivity index (χ1v) is 4.27. The van der Waals surface area contributed by atoms with E-state index in [1.807, 2.05) is 45.0 Å². The average Bonchev–Trinajstić information content (AvgIpc) is 2.09. The molecule has 0 atom stereocenters. The van der Waals surface area contributed by atoms with Crippen LogP contribution in [0.3, 0.4) is 0 Å². The molecule has 1 aromatic rings. The van der Waals surface area contributed by atoms with Crippen molar-refractivity contribution in [2.45, 2.75) is 26.4 Å². The van der Waals surface area contributed by atoms with Gasteiger partial charge in [0.2, 0.25) is 0 Å². The molecule has 0 aliphatic carbocycles. The van der Waals surface area contributed by atoms with Crippen molar-refractivity contribution in [3.05, 3.63) is 29.8 Å². The van der Waals surface area contributed by atoms with Crippen LogP contribution in [0.1, 0.15) is 19.4 Å². The summed E-state index contributed by atoms with van der Waals surface area (Å²) in [5, 5.41) is 0. The van der Waals surface area contributed by atoms with Gasteiger partial charge in [0, 0.05) is 0 Å². The molecular formula is C12H14O. The van der Waals surface area contributed by atoms with Gasteiger partial charge < -0.3 is 4.74 Å². The topological polar surface area (TPSA) is 9.23 Å². The van der Waals surface area contributed by atoms with Crippen molar-refractivity contribution in [3.8, 4) is 18.1 Å². The van der Waals surface area contributed by atoms with Crippen LogP contribution in [0.25, 0.3) is 0 Å². The van der Waals surface area contributed by atoms with Gasteiger partial charge in [-0.3, -0.25) is 0 Å². The van der Waals surface area contributed by atoms with E-state index in [0.29, 0.717) is 0 Å². The predicted octanol–water partition coefficient (Wildman–Crippen LogP) is 2.79. The van der Waals surface area contributed by atoms with Crippen LogP contribution in [-0.2, 0) is 0 Å². The molecule has 1 nitrogen and oxygen atoms in total. The third-order valence-corrected chi connectivity index (χ3v) is 1.81. The second-order valence-electron chi connectivity index (χ2n) is 3.52. The van der Waals surface area contributed by atoms with Crippen molar-refractivity contribution >= 4 is 0 Å². The lowest BCUT2D eigenvalue weighted by Crippen LogP contribution is -2.25. The maximum absolute atomic E-state index is 5.65. The van der Waals surface area contributed by atoms with Gasteiger partial charge in [0.25, 0.3) is 0 Å². The van der Waals surface area contributed by atoms with Crippen molar-refractivity contribution < 1.29 is 4.74 Å². The van der Waals surface area contributed by atoms with Gasteiger partial charge >= 0.3 is 0 Å². The molecule has 0 spiro atoms. The van der Waals surface area contributed by atoms with E-state index in [-0.39, 0.29) is 0 Å². The molecule has 0 aromatic heterocycles. The minimum atomic E-state index is -0.536. The number of aryl methyl sites for hydroxylation is 1. The third-order valence-electron chi connectivity index (χ3n) is 1.81. The first-order chi connectivity index (χ1) is 6.05. The fourth-order valence-corrected chi connectivity index (χ4v) is 0.975. The Kier molecular flexibility index (Phi) is 2.63. The van der Waals surface area contributed by atoms with Crippen LogP contribution in [0.4, 0.5) is 0 Å². The summed E-state index contributed by atoms with van der Waals surface area (Å²) in [4.78, 5) is 0. The molecule has 0 amide bonds. The molecule has 1 rings (SSSR count). The zero-order valence-corrected chi connectivity index (χ0v) is 8.29. The lowest BCUT2D eigenvalue weighted by atomic mass is 10.1. The quantitative estimate of drug-likeness (QED) is 0.626. The first-order valence-electron chi connectivity index (χ1n) is 4.27. The van der Waals surface area contributed by atoms with Gasteiger partial charge in [-0.25, -0.2) is 0 Å². The second-order valence-corrected chi connectivity index (χ2v) is 3.52. The van der Waals surface area contributed by atoms with Crippen molar-refractivity contribution in [3.63, 3.8) is 0 Å². The molecule has 0 heterocycles. The van der Waals surface area contributed by atoms with E-state index in [0.717, 1.165) is 11.3 Å². The summed E-state index contributed by atoms with van der Waals surface area (Å²) in [6.45, 7) is 5.75. The van der Waals surface area contributed by atoms with Crippen LogP contribution in [0.2, 0.25) is 0 Å². The Hall–Kier alpha value is -1.42. The van der Waals surface area contributed by atoms with E-state index >= 15 is 0 Å². The third kappa shape index (κ3) is 2.52. The number of rotatable bonds is 2. The lowest BCUT2D eigenvalue weighted by molar-refractivity contribution is 0.171. The molecular weight excluding hydrogens is 160 g/mol. The molecule has 0 fully saturated rings. The minimum Gasteiger partial charge on any atom is -0.475 e. The average molecular weight is 174 g/mol. The molecule has 1 aromatic carbocycles. The molecule has 1 heteroatoms. The van der Waals surface area contributed by atoms with Crippen molar-refractivity contribution in [1.29, 1.82) is 0 Å². The van der Waals surface area contributed by atoms with E-state index in [1.165, 1.54) is 0 Å². The van der Waals surface area contributed by atoms with E-state index in [9.17, 15) is 0 Å². The number of para-hydroxylation sites is 1. The molecule has 0 aliphatic rings. The van der Waals surface area contributed by atoms with Gasteiger partial charge in [-0.1, -0.05) is 24.1 Å². The summed E-state index contributed by atoms with van der Waals surface area (Å²) in [5.41, 5.74) is 0.567. The Morgan fingerprint density at radius 3 is 2.46 bits per heavy atom. The van der Waals surface area contributed by atoms with Gasteiger partial charge in [-0.05, 0) is 32.4 Å². The highest BCUT2D eigenvalue weighted by Gasteiger charge is 2.15. The van der Waals surface area contributed by atoms with Crippen molar-refractivity contribution in [1.82, 2.24) is 0 Å². The fourth-order valence-electron chi connectivity index (χ4n) is 0.975. The number of hydrogen-bond acceptors (Lipinski definition) is 1. The highest BCUT2D eigenvalue weighted by molar-refractivity contribution is 5.33. The summed E-state index contributed by atoms with van der Waals surface area (Å²) >= 11 is 0. The molecule has 13 heavy (non-hydrogen) atoms. The minimum absolute atomic E-state index is 0.536. The number of ether oxygens (including phenoxy) is 1. The second kappa shape index (κ2) is 3.53. The molecule has 0 aliphatic heterocycles. The standard InChI is InChI=1S/C12H14O/c1-5-12(3,4)13-11-9-7-6-8-10(11)2/h1,6-9H,2-4H3. The number of terminal acetylenes is 1. The summed E-state index contributed by atoms with van der Waals surface area (Å²) in [6.07, 6.45) is 5.33. The van der Waals surface area contributed by atoms with Crippen LogP contribution in [0, 0.1) is 19.3 Å². The maximum Gasteiger partial charge on any atom is 0.163 e. The maximum atomic E-state index is 5.65. The summed E-state index contributed by atoms with van der Waals surface area (Å²) in [6, 6.07) is 7.84. The van der Waals surface area contributed by atoms with Crippen LogP contribution in [0.15, 0.2) is 24.3 Å². The fraction of sp³-hybridized carbons (Fsp3) is 0.333. The molecule has 0 radical (unpaired) electrons. The van der Waals surface area contributed by atoms with Gasteiger partial charge in [0.15, 0.2) is 5.60 Å². The molecule has 0 bridgehead atoms. The highest BCUT2D eigenvalue weighted by atomic mass is 16.5. The Labute approximate surface area is 79.7 Å². The molecule has 0 saturated carbocycles. The number of hydrogen-bond donors (Lipinski definition) is 0. The number of benzene rings is 1. The first kappa shape index (κ1) is 9.67. The van der Waals surface area contributed by atoms with E-state index < -0.39 is 5.60 Å². The van der Waals surface area contributed by atoms with E-state index in [4.69, 9.17) is 11.2 Å². The van der Waals surface area contributed by atoms with Crippen LogP contribution in [-0.4, -0.2) is 5.60 Å². The van der Waals surface area contributed by atoms with Crippen LogP contribution < -0.4 is 4.74 Å². The summed E-state index contributed by atoms with van der Waals surface area (Å²) in [5.74, 6) is 3.45. The van der Waals surface area contributed by atoms with Crippen LogP contribution >= 0.6 is 0 Å². The molecule has 0 saturated heterocycles. The van der Waals surface area contributed by atoms with Crippen molar-refractivity contribution in [2.24, 2.45) is 0 Å². The zero-order valence-electron chi connectivity index (χ0n) is 8.29. The Bertz CT molecular complexity index is 331. The normalized spacial score (nSPS) is 10.6. The Morgan fingerprint density at radius 2 is 1.92 bits per heavy atom. The highest BCUT2D eigenvalue weighted by Crippen LogP contribution is 2.21. The monoisotopic (exact) mass is 174 g/mol. The molecule has 0 N–H and O–H groups in total. The largest absolute Gasteiger partial charge is 0.475 e. The van der Waals surface area contributed by atoms with Gasteiger partial charge in [0.1, 0.15) is 5.75 Å². The zero-order chi connectivity index (χ0) is 9.90. The van der Waals surface area contributed by atoms with E-state index in [1.54, 1.807) is 0 Å². The van der Waals surface area contributed by atoms with E-state index in [2.05, 4.69) is 5.92 Å². The Balaban J connectivity index is 2.88. The van der Waals surface area contributed by atoms with Gasteiger partial charge in [0.05, 0.1) is 0 Å². The molecule has 0 unspecified atom stereocenters. The summed E-state index contributed by atoms with van der Waals surface area (Å²) < 4.78 is 5.65. The predicted molar refractivity (Wildman–Crippen MR) is 54.7 cm³/mol. The lowest BCUT2D eigenvalue weighted by Gasteiger charge is -2.21. The van der Waals surface area contributed by atoms with Gasteiger partial charge in [-0.2, -0.15) is 0 Å². The smallest absolute Gasteiger partial charge is 0.163 e. The van der Waals surface area contributed by atoms with Gasteiger partial charge in [-0.15, -0.1) is 6.42 Å². The van der Waals surface area contributed by atoms with Crippen LogP contribution in [0.5, 0.6) is 5.75 Å². The summed E-state index contributed by atoms with van der Waals surface area (Å²) in [7, 11) is 0. The Morgan fingerprint density at radius 1 is 1.31 bits per heavy atom. The molecule has 68 valence electrons. The SMILES string of the molecule is C#CC(C)(C)Oc1ccccc1C.